The molecule has 1 aliphatic heterocycles. The Hall–Kier alpha value is -1.42. The number of carbonyl (C=O) groups excluding carboxylic acids is 1. The Morgan fingerprint density at radius 3 is 3.12 bits per heavy atom. The molecule has 2 heterocycles. The van der Waals surface area contributed by atoms with Gasteiger partial charge in [-0.05, 0) is 31.4 Å². The third-order valence-electron chi connectivity index (χ3n) is 3.32. The minimum atomic E-state index is 0.178. The number of nitrogens with two attached hydrogens (primary N) is 1. The predicted molar refractivity (Wildman–Crippen MR) is 66.3 cm³/mol. The van der Waals surface area contributed by atoms with Gasteiger partial charge >= 0.3 is 0 Å². The van der Waals surface area contributed by atoms with Crippen LogP contribution in [0.2, 0.25) is 0 Å². The van der Waals surface area contributed by atoms with Gasteiger partial charge in [0.1, 0.15) is 0 Å². The monoisotopic (exact) mass is 233 g/mol. The van der Waals surface area contributed by atoms with Crippen molar-refractivity contribution in [2.24, 2.45) is 5.73 Å². The van der Waals surface area contributed by atoms with Crippen LogP contribution < -0.4 is 5.73 Å². The molecule has 1 amide bonds. The van der Waals surface area contributed by atoms with Gasteiger partial charge in [-0.2, -0.15) is 0 Å². The second-order valence-electron chi connectivity index (χ2n) is 4.76. The lowest BCUT2D eigenvalue weighted by Gasteiger charge is -2.36. The van der Waals surface area contributed by atoms with Crippen LogP contribution in [0.15, 0.2) is 24.5 Å². The molecule has 4 heteroatoms. The molecule has 1 aliphatic rings. The van der Waals surface area contributed by atoms with Gasteiger partial charge in [0.25, 0.3) is 0 Å². The SMILES string of the molecule is CC1CC(N)CCN1C(=O)Cc1cccnc1. The van der Waals surface area contributed by atoms with E-state index in [-0.39, 0.29) is 18.0 Å². The summed E-state index contributed by atoms with van der Waals surface area (Å²) in [5.41, 5.74) is 6.86. The van der Waals surface area contributed by atoms with Crippen molar-refractivity contribution >= 4 is 5.91 Å². The zero-order valence-corrected chi connectivity index (χ0v) is 10.2. The van der Waals surface area contributed by atoms with E-state index in [1.807, 2.05) is 17.0 Å². The lowest BCUT2D eigenvalue weighted by atomic mass is 9.98. The molecular weight excluding hydrogens is 214 g/mol. The maximum absolute atomic E-state index is 12.1. The first kappa shape index (κ1) is 12.0. The maximum Gasteiger partial charge on any atom is 0.227 e. The number of piperidine rings is 1. The number of carbonyl (C=O) groups is 1. The third-order valence-corrected chi connectivity index (χ3v) is 3.32. The number of hydrogen-bond acceptors (Lipinski definition) is 3. The Morgan fingerprint density at radius 1 is 1.65 bits per heavy atom. The van der Waals surface area contributed by atoms with E-state index in [4.69, 9.17) is 5.73 Å². The highest BCUT2D eigenvalue weighted by Crippen LogP contribution is 2.17. The van der Waals surface area contributed by atoms with Crippen molar-refractivity contribution in [3.05, 3.63) is 30.1 Å². The summed E-state index contributed by atoms with van der Waals surface area (Å²) in [5.74, 6) is 0.178. The topological polar surface area (TPSA) is 59.2 Å². The second kappa shape index (κ2) is 5.27. The Labute approximate surface area is 102 Å². The van der Waals surface area contributed by atoms with Crippen molar-refractivity contribution in [3.8, 4) is 0 Å². The number of pyridine rings is 1. The third kappa shape index (κ3) is 3.03. The van der Waals surface area contributed by atoms with E-state index in [1.165, 1.54) is 0 Å². The zero-order valence-electron chi connectivity index (χ0n) is 10.2. The molecule has 2 rings (SSSR count). The van der Waals surface area contributed by atoms with Crippen molar-refractivity contribution in [1.82, 2.24) is 9.88 Å². The van der Waals surface area contributed by atoms with Crippen molar-refractivity contribution in [2.75, 3.05) is 6.54 Å². The number of nitrogens with zero attached hydrogens (tertiary/aromatic N) is 2. The van der Waals surface area contributed by atoms with Gasteiger partial charge in [-0.15, -0.1) is 0 Å². The first-order valence-electron chi connectivity index (χ1n) is 6.11. The molecule has 1 aromatic heterocycles. The molecule has 0 bridgehead atoms. The van der Waals surface area contributed by atoms with E-state index in [1.54, 1.807) is 12.4 Å². The van der Waals surface area contributed by atoms with Gasteiger partial charge in [-0.1, -0.05) is 6.07 Å². The highest BCUT2D eigenvalue weighted by atomic mass is 16.2. The molecule has 4 nitrogen and oxygen atoms in total. The van der Waals surface area contributed by atoms with E-state index in [9.17, 15) is 4.79 Å². The number of likely N-dealkylation sites (tertiary alicyclic amines) is 1. The van der Waals surface area contributed by atoms with E-state index >= 15 is 0 Å². The predicted octanol–water partition coefficient (Wildman–Crippen LogP) is 0.962. The molecule has 0 saturated carbocycles. The fourth-order valence-electron chi connectivity index (χ4n) is 2.36. The molecule has 1 saturated heterocycles. The van der Waals surface area contributed by atoms with Crippen LogP contribution in [0.25, 0.3) is 0 Å². The van der Waals surface area contributed by atoms with Crippen LogP contribution in [0.4, 0.5) is 0 Å². The summed E-state index contributed by atoms with van der Waals surface area (Å²) < 4.78 is 0. The summed E-state index contributed by atoms with van der Waals surface area (Å²) in [7, 11) is 0. The molecule has 2 atom stereocenters. The van der Waals surface area contributed by atoms with Crippen LogP contribution in [0.5, 0.6) is 0 Å². The van der Waals surface area contributed by atoms with Crippen LogP contribution >= 0.6 is 0 Å². The summed E-state index contributed by atoms with van der Waals surface area (Å²) in [6, 6.07) is 4.29. The molecule has 0 aromatic carbocycles. The Balaban J connectivity index is 1.96. The number of amides is 1. The molecule has 2 unspecified atom stereocenters. The van der Waals surface area contributed by atoms with Crippen molar-refractivity contribution in [3.63, 3.8) is 0 Å². The van der Waals surface area contributed by atoms with Gasteiger partial charge in [-0.3, -0.25) is 9.78 Å². The minimum absolute atomic E-state index is 0.178. The van der Waals surface area contributed by atoms with E-state index in [2.05, 4.69) is 11.9 Å². The molecular formula is C13H19N3O. The van der Waals surface area contributed by atoms with Gasteiger partial charge in [0.2, 0.25) is 5.91 Å². The minimum Gasteiger partial charge on any atom is -0.340 e. The lowest BCUT2D eigenvalue weighted by Crippen LogP contribution is -2.48. The highest BCUT2D eigenvalue weighted by molar-refractivity contribution is 5.79. The summed E-state index contributed by atoms with van der Waals surface area (Å²) in [6.45, 7) is 2.85. The summed E-state index contributed by atoms with van der Waals surface area (Å²) in [4.78, 5) is 18.1. The van der Waals surface area contributed by atoms with Crippen molar-refractivity contribution in [1.29, 1.82) is 0 Å². The van der Waals surface area contributed by atoms with E-state index in [0.29, 0.717) is 6.42 Å². The average Bonchev–Trinajstić information content (AvgIpc) is 2.30. The maximum atomic E-state index is 12.1. The van der Waals surface area contributed by atoms with Gasteiger partial charge in [0.05, 0.1) is 6.42 Å². The van der Waals surface area contributed by atoms with Crippen LogP contribution in [0, 0.1) is 0 Å². The molecule has 17 heavy (non-hydrogen) atoms. The van der Waals surface area contributed by atoms with Gasteiger partial charge in [-0.25, -0.2) is 0 Å². The number of hydrogen-bond donors (Lipinski definition) is 1. The van der Waals surface area contributed by atoms with Crippen LogP contribution in [-0.2, 0) is 11.2 Å². The zero-order chi connectivity index (χ0) is 12.3. The lowest BCUT2D eigenvalue weighted by molar-refractivity contribution is -0.133. The summed E-state index contributed by atoms with van der Waals surface area (Å²) >= 11 is 0. The van der Waals surface area contributed by atoms with E-state index in [0.717, 1.165) is 24.9 Å². The second-order valence-corrected chi connectivity index (χ2v) is 4.76. The fraction of sp³-hybridized carbons (Fsp3) is 0.538. The van der Waals surface area contributed by atoms with E-state index < -0.39 is 0 Å². The molecule has 0 spiro atoms. The largest absolute Gasteiger partial charge is 0.340 e. The Bertz CT molecular complexity index is 380. The van der Waals surface area contributed by atoms with Gasteiger partial charge < -0.3 is 10.6 Å². The van der Waals surface area contributed by atoms with Crippen LogP contribution in [0.1, 0.15) is 25.3 Å². The summed E-state index contributed by atoms with van der Waals surface area (Å²) in [5, 5.41) is 0. The number of rotatable bonds is 2. The molecule has 1 fully saturated rings. The highest BCUT2D eigenvalue weighted by Gasteiger charge is 2.26. The first-order valence-corrected chi connectivity index (χ1v) is 6.11. The molecule has 1 aromatic rings. The molecule has 0 aliphatic carbocycles. The average molecular weight is 233 g/mol. The first-order chi connectivity index (χ1) is 8.16. The normalized spacial score (nSPS) is 24.7. The smallest absolute Gasteiger partial charge is 0.227 e. The quantitative estimate of drug-likeness (QED) is 0.827. The number of aromatic nitrogens is 1. The fourth-order valence-corrected chi connectivity index (χ4v) is 2.36. The molecule has 2 N–H and O–H groups in total. The summed E-state index contributed by atoms with van der Waals surface area (Å²) in [6.07, 6.45) is 5.71. The van der Waals surface area contributed by atoms with Crippen LogP contribution in [0.3, 0.4) is 0 Å². The Morgan fingerprint density at radius 2 is 2.47 bits per heavy atom. The van der Waals surface area contributed by atoms with Crippen LogP contribution in [-0.4, -0.2) is 34.4 Å². The van der Waals surface area contributed by atoms with Gasteiger partial charge in [0, 0.05) is 31.0 Å². The van der Waals surface area contributed by atoms with Crippen molar-refractivity contribution < 1.29 is 4.79 Å². The molecule has 0 radical (unpaired) electrons. The van der Waals surface area contributed by atoms with Crippen molar-refractivity contribution in [2.45, 2.75) is 38.3 Å². The Kier molecular flexibility index (Phi) is 3.74. The van der Waals surface area contributed by atoms with Gasteiger partial charge in [0.15, 0.2) is 0 Å². The standard InChI is InChI=1S/C13H19N3O/c1-10-7-12(14)4-6-16(10)13(17)8-11-3-2-5-15-9-11/h2-3,5,9-10,12H,4,6-8,14H2,1H3. The molecule has 92 valence electrons.